The van der Waals surface area contributed by atoms with Gasteiger partial charge in [0.2, 0.25) is 0 Å². The van der Waals surface area contributed by atoms with Crippen LogP contribution >= 0.6 is 0 Å². The third kappa shape index (κ3) is 7.92. The van der Waals surface area contributed by atoms with Crippen LogP contribution in [0.4, 0.5) is 0 Å². The van der Waals surface area contributed by atoms with Crippen molar-refractivity contribution in [2.75, 3.05) is 27.8 Å². The number of hydrogen-bond donors (Lipinski definition) is 1. The van der Waals surface area contributed by atoms with Crippen molar-refractivity contribution < 1.29 is 4.48 Å². The highest BCUT2D eigenvalue weighted by atomic mass is 15.3. The van der Waals surface area contributed by atoms with Gasteiger partial charge in [0.1, 0.15) is 6.67 Å². The maximum absolute atomic E-state index is 3.36. The molecule has 0 heterocycles. The number of quaternary nitrogens is 1. The first kappa shape index (κ1) is 8.92. The van der Waals surface area contributed by atoms with Crippen molar-refractivity contribution in [3.05, 3.63) is 0 Å². The minimum atomic E-state index is 0.599. The van der Waals surface area contributed by atoms with E-state index in [-0.39, 0.29) is 0 Å². The van der Waals surface area contributed by atoms with Crippen LogP contribution in [0.1, 0.15) is 13.8 Å². The molecular weight excluding hydrogens is 112 g/mol. The molecule has 0 atom stereocenters. The highest BCUT2D eigenvalue weighted by molar-refractivity contribution is 4.44. The molecule has 0 aliphatic rings. The Labute approximate surface area is 58.4 Å². The topological polar surface area (TPSA) is 12.0 Å². The van der Waals surface area contributed by atoms with Crippen LogP contribution in [0.25, 0.3) is 0 Å². The molecule has 0 fully saturated rings. The average Bonchev–Trinajstić information content (AvgIpc) is 1.59. The fraction of sp³-hybridized carbons (Fsp3) is 1.00. The van der Waals surface area contributed by atoms with Crippen molar-refractivity contribution in [1.82, 2.24) is 5.32 Å². The van der Waals surface area contributed by atoms with Crippen LogP contribution in [0.3, 0.4) is 0 Å². The summed E-state index contributed by atoms with van der Waals surface area (Å²) >= 11 is 0. The van der Waals surface area contributed by atoms with Crippen LogP contribution in [-0.4, -0.2) is 38.3 Å². The zero-order chi connectivity index (χ0) is 7.49. The van der Waals surface area contributed by atoms with Crippen molar-refractivity contribution in [3.63, 3.8) is 0 Å². The molecule has 0 rings (SSSR count). The molecule has 0 spiro atoms. The molecule has 0 bridgehead atoms. The van der Waals surface area contributed by atoms with Crippen LogP contribution in [0, 0.1) is 0 Å². The quantitative estimate of drug-likeness (QED) is 0.438. The Morgan fingerprint density at radius 2 is 1.67 bits per heavy atom. The summed E-state index contributed by atoms with van der Waals surface area (Å²) in [5, 5.41) is 3.36. The fourth-order valence-corrected chi connectivity index (χ4v) is 0.456. The molecule has 0 saturated carbocycles. The molecule has 0 saturated heterocycles. The van der Waals surface area contributed by atoms with E-state index in [1.165, 1.54) is 0 Å². The zero-order valence-electron chi connectivity index (χ0n) is 7.23. The van der Waals surface area contributed by atoms with E-state index in [0.29, 0.717) is 6.04 Å². The SMILES string of the molecule is CC(C)NC[N+](C)(C)C. The molecular formula is C7H19N2+. The van der Waals surface area contributed by atoms with Crippen molar-refractivity contribution in [1.29, 1.82) is 0 Å². The third-order valence-electron chi connectivity index (χ3n) is 0.974. The summed E-state index contributed by atoms with van der Waals surface area (Å²) in [6, 6.07) is 0.599. The summed E-state index contributed by atoms with van der Waals surface area (Å²) in [5.74, 6) is 0. The van der Waals surface area contributed by atoms with Crippen LogP contribution in [0.5, 0.6) is 0 Å². The van der Waals surface area contributed by atoms with E-state index >= 15 is 0 Å². The Balaban J connectivity index is 3.28. The normalized spacial score (nSPS) is 12.7. The first-order valence-electron chi connectivity index (χ1n) is 3.45. The Morgan fingerprint density at radius 1 is 1.22 bits per heavy atom. The second kappa shape index (κ2) is 3.18. The van der Waals surface area contributed by atoms with Gasteiger partial charge >= 0.3 is 0 Å². The van der Waals surface area contributed by atoms with Gasteiger partial charge in [-0.25, -0.2) is 0 Å². The lowest BCUT2D eigenvalue weighted by Gasteiger charge is -2.25. The van der Waals surface area contributed by atoms with E-state index < -0.39 is 0 Å². The minimum absolute atomic E-state index is 0.599. The lowest BCUT2D eigenvalue weighted by Crippen LogP contribution is -2.45. The van der Waals surface area contributed by atoms with E-state index in [1.54, 1.807) is 0 Å². The Kier molecular flexibility index (Phi) is 3.15. The van der Waals surface area contributed by atoms with E-state index in [1.807, 2.05) is 0 Å². The molecule has 2 heteroatoms. The summed E-state index contributed by atoms with van der Waals surface area (Å²) < 4.78 is 0.984. The monoisotopic (exact) mass is 131 g/mol. The minimum Gasteiger partial charge on any atom is -0.319 e. The van der Waals surface area contributed by atoms with Gasteiger partial charge in [0.15, 0.2) is 0 Å². The Morgan fingerprint density at radius 3 is 1.78 bits per heavy atom. The summed E-state index contributed by atoms with van der Waals surface area (Å²) in [6.07, 6.45) is 0. The first-order chi connectivity index (χ1) is 3.92. The fourth-order valence-electron chi connectivity index (χ4n) is 0.456. The summed E-state index contributed by atoms with van der Waals surface area (Å²) in [6.45, 7) is 5.36. The maximum atomic E-state index is 3.36. The standard InChI is InChI=1S/C7H19N2/c1-7(2)8-6-9(3,4)5/h7-8H,6H2,1-5H3/q+1. The number of hydrogen-bond acceptors (Lipinski definition) is 1. The van der Waals surface area contributed by atoms with E-state index in [0.717, 1.165) is 11.2 Å². The molecule has 56 valence electrons. The zero-order valence-corrected chi connectivity index (χ0v) is 7.23. The van der Waals surface area contributed by atoms with Gasteiger partial charge in [-0.2, -0.15) is 0 Å². The second-order valence-electron chi connectivity index (χ2n) is 3.81. The van der Waals surface area contributed by atoms with Crippen molar-refractivity contribution >= 4 is 0 Å². The molecule has 0 radical (unpaired) electrons. The lowest BCUT2D eigenvalue weighted by atomic mass is 10.4. The highest BCUT2D eigenvalue weighted by Crippen LogP contribution is 1.86. The largest absolute Gasteiger partial charge is 0.319 e. The summed E-state index contributed by atoms with van der Waals surface area (Å²) in [5.41, 5.74) is 0. The molecule has 0 aromatic carbocycles. The Bertz CT molecular complexity index is 71.5. The molecule has 0 amide bonds. The molecule has 0 aromatic heterocycles. The Hall–Kier alpha value is -0.0800. The summed E-state index contributed by atoms with van der Waals surface area (Å²) in [7, 11) is 6.53. The van der Waals surface area contributed by atoms with Crippen LogP contribution in [0.2, 0.25) is 0 Å². The summed E-state index contributed by atoms with van der Waals surface area (Å²) in [4.78, 5) is 0. The number of nitrogens with zero attached hydrogens (tertiary/aromatic N) is 1. The average molecular weight is 131 g/mol. The smallest absolute Gasteiger partial charge is 0.132 e. The second-order valence-corrected chi connectivity index (χ2v) is 3.81. The molecule has 9 heavy (non-hydrogen) atoms. The molecule has 0 unspecified atom stereocenters. The van der Waals surface area contributed by atoms with Crippen molar-refractivity contribution in [3.8, 4) is 0 Å². The van der Waals surface area contributed by atoms with Gasteiger partial charge in [0, 0.05) is 6.04 Å². The molecule has 0 aliphatic heterocycles. The lowest BCUT2D eigenvalue weighted by molar-refractivity contribution is -0.873. The van der Waals surface area contributed by atoms with Gasteiger partial charge < -0.3 is 4.48 Å². The van der Waals surface area contributed by atoms with Crippen LogP contribution < -0.4 is 5.32 Å². The van der Waals surface area contributed by atoms with Gasteiger partial charge in [-0.3, -0.25) is 5.32 Å². The predicted octanol–water partition coefficient (Wildman–Crippen LogP) is 0.648. The molecule has 2 nitrogen and oxygen atoms in total. The number of nitrogens with one attached hydrogen (secondary N) is 1. The van der Waals surface area contributed by atoms with E-state index in [9.17, 15) is 0 Å². The van der Waals surface area contributed by atoms with Crippen LogP contribution in [-0.2, 0) is 0 Å². The predicted molar refractivity (Wildman–Crippen MR) is 41.2 cm³/mol. The van der Waals surface area contributed by atoms with E-state index in [2.05, 4.69) is 40.3 Å². The molecule has 0 aliphatic carbocycles. The van der Waals surface area contributed by atoms with Crippen molar-refractivity contribution in [2.24, 2.45) is 0 Å². The first-order valence-corrected chi connectivity index (χ1v) is 3.45. The molecule has 1 N–H and O–H groups in total. The van der Waals surface area contributed by atoms with Gasteiger partial charge in [-0.15, -0.1) is 0 Å². The van der Waals surface area contributed by atoms with Gasteiger partial charge in [-0.05, 0) is 13.8 Å². The van der Waals surface area contributed by atoms with Crippen LogP contribution in [0.15, 0.2) is 0 Å². The third-order valence-corrected chi connectivity index (χ3v) is 0.974. The van der Waals surface area contributed by atoms with Gasteiger partial charge in [0.05, 0.1) is 21.1 Å². The maximum Gasteiger partial charge on any atom is 0.132 e. The van der Waals surface area contributed by atoms with Gasteiger partial charge in [-0.1, -0.05) is 0 Å². The molecule has 0 aromatic rings. The van der Waals surface area contributed by atoms with E-state index in [4.69, 9.17) is 0 Å². The van der Waals surface area contributed by atoms with Crippen molar-refractivity contribution in [2.45, 2.75) is 19.9 Å². The number of rotatable bonds is 3. The highest BCUT2D eigenvalue weighted by Gasteiger charge is 2.05. The van der Waals surface area contributed by atoms with Gasteiger partial charge in [0.25, 0.3) is 0 Å².